The highest BCUT2D eigenvalue weighted by Gasteiger charge is 2.16. The van der Waals surface area contributed by atoms with Gasteiger partial charge >= 0.3 is 0 Å². The molecule has 0 spiro atoms. The number of anilines is 1. The largest absolute Gasteiger partial charge is 0.325 e. The Kier molecular flexibility index (Phi) is 10.2. The van der Waals surface area contributed by atoms with Gasteiger partial charge < -0.3 is 9.88 Å². The van der Waals surface area contributed by atoms with Gasteiger partial charge in [0.25, 0.3) is 0 Å². The molecular formula is C26H31ClN4O2S. The van der Waals surface area contributed by atoms with Gasteiger partial charge in [-0.1, -0.05) is 74.5 Å². The summed E-state index contributed by atoms with van der Waals surface area (Å²) in [6.07, 6.45) is 7.16. The summed E-state index contributed by atoms with van der Waals surface area (Å²) in [5, 5.41) is 13.0. The summed E-state index contributed by atoms with van der Waals surface area (Å²) >= 11 is 7.42. The molecule has 0 atom stereocenters. The molecule has 1 heterocycles. The molecule has 1 N–H and O–H groups in total. The monoisotopic (exact) mass is 498 g/mol. The van der Waals surface area contributed by atoms with E-state index in [0.29, 0.717) is 21.4 Å². The molecule has 2 aromatic carbocycles. The van der Waals surface area contributed by atoms with Crippen LogP contribution in [0.3, 0.4) is 0 Å². The Labute approximate surface area is 210 Å². The maximum Gasteiger partial charge on any atom is 0.234 e. The van der Waals surface area contributed by atoms with Crippen molar-refractivity contribution in [3.63, 3.8) is 0 Å². The van der Waals surface area contributed by atoms with Crippen LogP contribution >= 0.6 is 23.4 Å². The number of nitrogens with zero attached hydrogens (tertiary/aromatic N) is 3. The summed E-state index contributed by atoms with van der Waals surface area (Å²) in [5.74, 6) is 0.776. The van der Waals surface area contributed by atoms with Gasteiger partial charge in [0, 0.05) is 28.4 Å². The van der Waals surface area contributed by atoms with Crippen LogP contribution in [0.15, 0.2) is 53.7 Å². The number of hydrogen-bond donors (Lipinski definition) is 1. The number of carbonyl (C=O) groups excluding carboxylic acids is 2. The number of aromatic nitrogens is 3. The molecule has 180 valence electrons. The van der Waals surface area contributed by atoms with E-state index in [-0.39, 0.29) is 17.4 Å². The molecule has 0 saturated carbocycles. The lowest BCUT2D eigenvalue weighted by Crippen LogP contribution is -2.15. The molecule has 0 aliphatic heterocycles. The van der Waals surface area contributed by atoms with Gasteiger partial charge in [-0.3, -0.25) is 9.59 Å². The van der Waals surface area contributed by atoms with Crippen LogP contribution in [0.4, 0.5) is 5.69 Å². The SMILES string of the molecule is CCCCCCCCn1c(SCC(=O)Nc2cccc(C(C)=O)c2)nnc1-c1ccc(Cl)cc1. The second-order valence-electron chi connectivity index (χ2n) is 8.21. The average molecular weight is 499 g/mol. The standard InChI is InChI=1S/C26H31ClN4O2S/c1-3-4-5-6-7-8-16-31-25(20-12-14-22(27)15-13-20)29-30-26(31)34-18-24(33)28-23-11-9-10-21(17-23)19(2)32/h9-15,17H,3-8,16,18H2,1-2H3,(H,28,33). The Morgan fingerprint density at radius 2 is 1.74 bits per heavy atom. The van der Waals surface area contributed by atoms with Gasteiger partial charge in [-0.05, 0) is 49.7 Å². The second-order valence-corrected chi connectivity index (χ2v) is 9.59. The van der Waals surface area contributed by atoms with E-state index in [4.69, 9.17) is 11.6 Å². The summed E-state index contributed by atoms with van der Waals surface area (Å²) in [6, 6.07) is 14.5. The highest BCUT2D eigenvalue weighted by atomic mass is 35.5. The first-order valence-electron chi connectivity index (χ1n) is 11.7. The smallest absolute Gasteiger partial charge is 0.234 e. The fraction of sp³-hybridized carbons (Fsp3) is 0.385. The number of halogens is 1. The summed E-state index contributed by atoms with van der Waals surface area (Å²) < 4.78 is 2.09. The van der Waals surface area contributed by atoms with Crippen molar-refractivity contribution in [3.8, 4) is 11.4 Å². The minimum absolute atomic E-state index is 0.0389. The van der Waals surface area contributed by atoms with E-state index >= 15 is 0 Å². The number of amides is 1. The van der Waals surface area contributed by atoms with Crippen LogP contribution < -0.4 is 5.32 Å². The molecule has 0 aliphatic rings. The van der Waals surface area contributed by atoms with Crippen LogP contribution in [0.5, 0.6) is 0 Å². The first-order valence-corrected chi connectivity index (χ1v) is 13.1. The molecule has 0 fully saturated rings. The van der Waals surface area contributed by atoms with Crippen molar-refractivity contribution in [1.82, 2.24) is 14.8 Å². The first-order chi connectivity index (χ1) is 16.5. The van der Waals surface area contributed by atoms with Crippen molar-refractivity contribution < 1.29 is 9.59 Å². The topological polar surface area (TPSA) is 76.9 Å². The van der Waals surface area contributed by atoms with E-state index in [1.165, 1.54) is 44.4 Å². The van der Waals surface area contributed by atoms with Crippen molar-refractivity contribution >= 4 is 40.7 Å². The Hall–Kier alpha value is -2.64. The fourth-order valence-corrected chi connectivity index (χ4v) is 4.49. The van der Waals surface area contributed by atoms with E-state index in [0.717, 1.165) is 30.8 Å². The molecule has 0 radical (unpaired) electrons. The van der Waals surface area contributed by atoms with Crippen LogP contribution in [-0.2, 0) is 11.3 Å². The summed E-state index contributed by atoms with van der Waals surface area (Å²) in [4.78, 5) is 24.2. The molecule has 3 rings (SSSR count). The predicted molar refractivity (Wildman–Crippen MR) is 140 cm³/mol. The van der Waals surface area contributed by atoms with Gasteiger partial charge in [0.1, 0.15) is 0 Å². The van der Waals surface area contributed by atoms with Crippen molar-refractivity contribution in [2.75, 3.05) is 11.1 Å². The van der Waals surface area contributed by atoms with Crippen molar-refractivity contribution in [2.24, 2.45) is 0 Å². The number of carbonyl (C=O) groups is 2. The summed E-state index contributed by atoms with van der Waals surface area (Å²) in [7, 11) is 0. The molecule has 0 unspecified atom stereocenters. The number of ketones is 1. The number of unbranched alkanes of at least 4 members (excludes halogenated alkanes) is 5. The molecule has 6 nitrogen and oxygen atoms in total. The van der Waals surface area contributed by atoms with Crippen molar-refractivity contribution in [2.45, 2.75) is 64.1 Å². The highest BCUT2D eigenvalue weighted by Crippen LogP contribution is 2.26. The molecule has 0 saturated heterocycles. The van der Waals surface area contributed by atoms with Gasteiger partial charge in [-0.2, -0.15) is 0 Å². The maximum absolute atomic E-state index is 12.6. The number of hydrogen-bond acceptors (Lipinski definition) is 5. The third-order valence-electron chi connectivity index (χ3n) is 5.44. The number of nitrogens with one attached hydrogen (secondary N) is 1. The Morgan fingerprint density at radius 3 is 2.47 bits per heavy atom. The van der Waals surface area contributed by atoms with Gasteiger partial charge in [0.2, 0.25) is 5.91 Å². The normalized spacial score (nSPS) is 10.9. The minimum atomic E-state index is -0.159. The van der Waals surface area contributed by atoms with Crippen LogP contribution in [0.25, 0.3) is 11.4 Å². The second kappa shape index (κ2) is 13.3. The fourth-order valence-electron chi connectivity index (χ4n) is 3.60. The van der Waals surface area contributed by atoms with Crippen LogP contribution in [0.2, 0.25) is 5.02 Å². The zero-order valence-electron chi connectivity index (χ0n) is 19.7. The van der Waals surface area contributed by atoms with Crippen LogP contribution in [0, 0.1) is 0 Å². The van der Waals surface area contributed by atoms with E-state index < -0.39 is 0 Å². The Bertz CT molecular complexity index is 1100. The van der Waals surface area contributed by atoms with E-state index in [9.17, 15) is 9.59 Å². The van der Waals surface area contributed by atoms with E-state index in [1.54, 1.807) is 24.3 Å². The zero-order valence-corrected chi connectivity index (χ0v) is 21.3. The third kappa shape index (κ3) is 7.71. The number of rotatable bonds is 13. The van der Waals surface area contributed by atoms with Gasteiger partial charge in [0.05, 0.1) is 5.75 Å². The van der Waals surface area contributed by atoms with E-state index in [1.807, 2.05) is 24.3 Å². The van der Waals surface area contributed by atoms with Crippen LogP contribution in [-0.4, -0.2) is 32.2 Å². The Morgan fingerprint density at radius 1 is 1.00 bits per heavy atom. The zero-order chi connectivity index (χ0) is 24.3. The molecule has 34 heavy (non-hydrogen) atoms. The lowest BCUT2D eigenvalue weighted by Gasteiger charge is -2.11. The molecule has 1 amide bonds. The number of benzene rings is 2. The Balaban J connectivity index is 1.67. The van der Waals surface area contributed by atoms with Crippen molar-refractivity contribution in [3.05, 3.63) is 59.1 Å². The molecule has 0 aliphatic carbocycles. The van der Waals surface area contributed by atoms with E-state index in [2.05, 4.69) is 27.0 Å². The number of thioether (sulfide) groups is 1. The third-order valence-corrected chi connectivity index (χ3v) is 6.66. The lowest BCUT2D eigenvalue weighted by atomic mass is 10.1. The van der Waals surface area contributed by atoms with Crippen molar-refractivity contribution in [1.29, 1.82) is 0 Å². The predicted octanol–water partition coefficient (Wildman–Crippen LogP) is 6.89. The molecule has 8 heteroatoms. The summed E-state index contributed by atoms with van der Waals surface area (Å²) in [6.45, 7) is 4.52. The maximum atomic E-state index is 12.6. The van der Waals surface area contributed by atoms with Gasteiger partial charge in [-0.15, -0.1) is 10.2 Å². The molecule has 1 aromatic heterocycles. The molecule has 0 bridgehead atoms. The van der Waals surface area contributed by atoms with Gasteiger partial charge in [0.15, 0.2) is 16.8 Å². The minimum Gasteiger partial charge on any atom is -0.325 e. The molecular weight excluding hydrogens is 468 g/mol. The highest BCUT2D eigenvalue weighted by molar-refractivity contribution is 7.99. The number of Topliss-reactive ketones (excluding diaryl/α,β-unsaturated/α-hetero) is 1. The summed E-state index contributed by atoms with van der Waals surface area (Å²) in [5.41, 5.74) is 2.12. The van der Waals surface area contributed by atoms with Gasteiger partial charge in [-0.25, -0.2) is 0 Å². The molecule has 3 aromatic rings. The first kappa shape index (κ1) is 26.0. The average Bonchev–Trinajstić information content (AvgIpc) is 3.23. The quantitative estimate of drug-likeness (QED) is 0.158. The lowest BCUT2D eigenvalue weighted by molar-refractivity contribution is -0.113. The van der Waals surface area contributed by atoms with Crippen LogP contribution in [0.1, 0.15) is 62.7 Å².